The van der Waals surface area contributed by atoms with E-state index in [-0.39, 0.29) is 12.1 Å². The molecule has 3 rings (SSSR count). The van der Waals surface area contributed by atoms with E-state index in [2.05, 4.69) is 46.5 Å². The van der Waals surface area contributed by atoms with Gasteiger partial charge in [-0.3, -0.25) is 0 Å². The third-order valence-electron chi connectivity index (χ3n) is 4.39. The van der Waals surface area contributed by atoms with Crippen LogP contribution in [-0.2, 0) is 12.8 Å². The van der Waals surface area contributed by atoms with Gasteiger partial charge in [0.25, 0.3) is 0 Å². The van der Waals surface area contributed by atoms with Crippen molar-refractivity contribution in [2.24, 2.45) is 5.73 Å². The second-order valence-electron chi connectivity index (χ2n) is 5.79. The van der Waals surface area contributed by atoms with Crippen LogP contribution in [0.15, 0.2) is 15.9 Å². The maximum atomic E-state index is 6.49. The van der Waals surface area contributed by atoms with Crippen molar-refractivity contribution in [3.8, 4) is 0 Å². The number of nitrogens with zero attached hydrogens (tertiary/aromatic N) is 2. The molecule has 0 saturated heterocycles. The standard InChI is InChI=1S/C16H22BrN3S/c1-3-11(18)16(14-8-9-15(17)21-14)20-10(2)19-12-6-4-5-7-13(12)20/h8-9,11,16H,3-7,18H2,1-2H3. The van der Waals surface area contributed by atoms with Crippen LogP contribution in [0, 0.1) is 6.92 Å². The maximum absolute atomic E-state index is 6.49. The van der Waals surface area contributed by atoms with Crippen LogP contribution in [0.1, 0.15) is 54.3 Å². The van der Waals surface area contributed by atoms with Crippen molar-refractivity contribution in [3.05, 3.63) is 38.0 Å². The van der Waals surface area contributed by atoms with E-state index in [0.717, 1.165) is 28.9 Å². The SMILES string of the molecule is CCC(N)C(c1ccc(Br)s1)n1c(C)nc2c1CCCC2. The minimum absolute atomic E-state index is 0.120. The first-order valence-corrected chi connectivity index (χ1v) is 9.30. The molecule has 21 heavy (non-hydrogen) atoms. The number of hydrogen-bond acceptors (Lipinski definition) is 3. The Morgan fingerprint density at radius 1 is 1.38 bits per heavy atom. The van der Waals surface area contributed by atoms with Gasteiger partial charge in [-0.05, 0) is 67.1 Å². The molecule has 0 aliphatic heterocycles. The van der Waals surface area contributed by atoms with Gasteiger partial charge in [-0.1, -0.05) is 6.92 Å². The molecule has 1 aliphatic carbocycles. The second-order valence-corrected chi connectivity index (χ2v) is 8.28. The summed E-state index contributed by atoms with van der Waals surface area (Å²) in [5.41, 5.74) is 9.20. The second kappa shape index (κ2) is 6.23. The first-order chi connectivity index (χ1) is 10.1. The molecule has 0 radical (unpaired) electrons. The number of hydrogen-bond donors (Lipinski definition) is 1. The van der Waals surface area contributed by atoms with Crippen LogP contribution < -0.4 is 5.73 Å². The lowest BCUT2D eigenvalue weighted by Gasteiger charge is -2.27. The van der Waals surface area contributed by atoms with Gasteiger partial charge in [-0.2, -0.15) is 0 Å². The molecule has 0 spiro atoms. The average molecular weight is 368 g/mol. The molecule has 2 unspecified atom stereocenters. The van der Waals surface area contributed by atoms with Gasteiger partial charge in [0.15, 0.2) is 0 Å². The zero-order chi connectivity index (χ0) is 15.0. The summed E-state index contributed by atoms with van der Waals surface area (Å²) in [7, 11) is 0. The third kappa shape index (κ3) is 2.83. The quantitative estimate of drug-likeness (QED) is 0.878. The molecule has 0 fully saturated rings. The largest absolute Gasteiger partial charge is 0.326 e. The van der Waals surface area contributed by atoms with E-state index in [4.69, 9.17) is 10.7 Å². The first kappa shape index (κ1) is 15.3. The minimum Gasteiger partial charge on any atom is -0.326 e. The number of imidazole rings is 1. The average Bonchev–Trinajstić information content (AvgIpc) is 3.04. The van der Waals surface area contributed by atoms with Crippen molar-refractivity contribution in [2.45, 2.75) is 58.0 Å². The van der Waals surface area contributed by atoms with E-state index in [0.29, 0.717) is 0 Å². The summed E-state index contributed by atoms with van der Waals surface area (Å²) in [6.07, 6.45) is 5.74. The van der Waals surface area contributed by atoms with Crippen LogP contribution in [0.3, 0.4) is 0 Å². The Labute approximate surface area is 138 Å². The van der Waals surface area contributed by atoms with E-state index in [1.54, 1.807) is 11.3 Å². The summed E-state index contributed by atoms with van der Waals surface area (Å²) >= 11 is 5.37. The van der Waals surface area contributed by atoms with E-state index in [1.807, 2.05) is 0 Å². The van der Waals surface area contributed by atoms with Crippen LogP contribution in [0.5, 0.6) is 0 Å². The topological polar surface area (TPSA) is 43.8 Å². The van der Waals surface area contributed by atoms with Crippen molar-refractivity contribution in [1.82, 2.24) is 9.55 Å². The summed E-state index contributed by atoms with van der Waals surface area (Å²) in [5, 5.41) is 0. The van der Waals surface area contributed by atoms with Gasteiger partial charge in [-0.15, -0.1) is 11.3 Å². The highest BCUT2D eigenvalue weighted by Gasteiger charge is 2.28. The molecule has 1 aliphatic rings. The molecular weight excluding hydrogens is 346 g/mol. The van der Waals surface area contributed by atoms with Crippen LogP contribution in [0.4, 0.5) is 0 Å². The van der Waals surface area contributed by atoms with Crippen LogP contribution in [0.2, 0.25) is 0 Å². The number of thiophene rings is 1. The highest BCUT2D eigenvalue weighted by molar-refractivity contribution is 9.11. The van der Waals surface area contributed by atoms with E-state index in [1.165, 1.54) is 29.1 Å². The molecule has 114 valence electrons. The lowest BCUT2D eigenvalue weighted by atomic mass is 9.98. The normalized spacial score (nSPS) is 17.5. The monoisotopic (exact) mass is 367 g/mol. The summed E-state index contributed by atoms with van der Waals surface area (Å²) in [4.78, 5) is 6.15. The number of aryl methyl sites for hydroxylation is 2. The third-order valence-corrected chi connectivity index (χ3v) is 6.08. The Balaban J connectivity index is 2.10. The Kier molecular flexibility index (Phi) is 4.52. The zero-order valence-corrected chi connectivity index (χ0v) is 15.0. The lowest BCUT2D eigenvalue weighted by Crippen LogP contribution is -2.33. The van der Waals surface area contributed by atoms with Gasteiger partial charge in [0.2, 0.25) is 0 Å². The van der Waals surface area contributed by atoms with Gasteiger partial charge in [0, 0.05) is 16.6 Å². The maximum Gasteiger partial charge on any atom is 0.106 e. The Hall–Kier alpha value is -0.650. The molecule has 5 heteroatoms. The van der Waals surface area contributed by atoms with Crippen molar-refractivity contribution in [3.63, 3.8) is 0 Å². The summed E-state index contributed by atoms with van der Waals surface area (Å²) in [5.74, 6) is 1.11. The number of halogens is 1. The highest BCUT2D eigenvalue weighted by Crippen LogP contribution is 2.35. The van der Waals surface area contributed by atoms with E-state index >= 15 is 0 Å². The molecule has 2 aromatic rings. The summed E-state index contributed by atoms with van der Waals surface area (Å²) in [6.45, 7) is 4.29. The zero-order valence-electron chi connectivity index (χ0n) is 12.6. The van der Waals surface area contributed by atoms with Gasteiger partial charge in [0.05, 0.1) is 15.5 Å². The van der Waals surface area contributed by atoms with Crippen LogP contribution in [-0.4, -0.2) is 15.6 Å². The van der Waals surface area contributed by atoms with Gasteiger partial charge >= 0.3 is 0 Å². The fraction of sp³-hybridized carbons (Fsp3) is 0.562. The molecule has 2 N–H and O–H groups in total. The summed E-state index contributed by atoms with van der Waals surface area (Å²) < 4.78 is 3.58. The molecule has 2 aromatic heterocycles. The Bertz CT molecular complexity index is 632. The van der Waals surface area contributed by atoms with Crippen LogP contribution in [0.25, 0.3) is 0 Å². The van der Waals surface area contributed by atoms with Crippen molar-refractivity contribution >= 4 is 27.3 Å². The van der Waals surface area contributed by atoms with Gasteiger partial charge in [-0.25, -0.2) is 4.98 Å². The molecule has 0 aromatic carbocycles. The van der Waals surface area contributed by atoms with E-state index in [9.17, 15) is 0 Å². The predicted octanol–water partition coefficient (Wildman–Crippen LogP) is 4.22. The molecule has 2 atom stereocenters. The number of nitrogens with two attached hydrogens (primary N) is 1. The lowest BCUT2D eigenvalue weighted by molar-refractivity contribution is 0.441. The number of aromatic nitrogens is 2. The predicted molar refractivity (Wildman–Crippen MR) is 92.0 cm³/mol. The Morgan fingerprint density at radius 2 is 2.14 bits per heavy atom. The van der Waals surface area contributed by atoms with Gasteiger partial charge < -0.3 is 10.3 Å². The van der Waals surface area contributed by atoms with E-state index < -0.39 is 0 Å². The highest BCUT2D eigenvalue weighted by atomic mass is 79.9. The molecule has 0 bridgehead atoms. The fourth-order valence-corrected chi connectivity index (χ4v) is 4.90. The summed E-state index contributed by atoms with van der Waals surface area (Å²) in [6, 6.07) is 4.65. The molecule has 3 nitrogen and oxygen atoms in total. The smallest absolute Gasteiger partial charge is 0.106 e. The van der Waals surface area contributed by atoms with Crippen molar-refractivity contribution in [1.29, 1.82) is 0 Å². The molecule has 2 heterocycles. The van der Waals surface area contributed by atoms with Gasteiger partial charge in [0.1, 0.15) is 5.82 Å². The van der Waals surface area contributed by atoms with Crippen LogP contribution >= 0.6 is 27.3 Å². The first-order valence-electron chi connectivity index (χ1n) is 7.69. The van der Waals surface area contributed by atoms with Crippen molar-refractivity contribution in [2.75, 3.05) is 0 Å². The van der Waals surface area contributed by atoms with Crippen molar-refractivity contribution < 1.29 is 0 Å². The molecular formula is C16H22BrN3S. The minimum atomic E-state index is 0.120. The molecule has 0 amide bonds. The Morgan fingerprint density at radius 3 is 2.81 bits per heavy atom. The number of fused-ring (bicyclic) bond motifs is 1. The fourth-order valence-electron chi connectivity index (χ4n) is 3.31. The molecule has 0 saturated carbocycles. The number of rotatable bonds is 4.